The highest BCUT2D eigenvalue weighted by Crippen LogP contribution is 2.42. The number of anilines is 3. The molecule has 3 aromatic heterocycles. The molecule has 1 aromatic carbocycles. The zero-order chi connectivity index (χ0) is 29.7. The molecule has 0 bridgehead atoms. The number of nitriles is 1. The van der Waals surface area contributed by atoms with Gasteiger partial charge in [-0.05, 0) is 55.2 Å². The van der Waals surface area contributed by atoms with E-state index in [1.54, 1.807) is 17.0 Å². The number of piperazine rings is 1. The van der Waals surface area contributed by atoms with Crippen LogP contribution in [0.3, 0.4) is 0 Å². The van der Waals surface area contributed by atoms with Crippen LogP contribution >= 0.6 is 11.3 Å². The molecule has 0 saturated carbocycles. The first-order valence-electron chi connectivity index (χ1n) is 14.5. The Bertz CT molecular complexity index is 1740. The van der Waals surface area contributed by atoms with Crippen molar-refractivity contribution in [3.05, 3.63) is 58.5 Å². The standard InChI is InChI=1S/C31H31FN8O2S/c1-37(31-36-28(26(14-33)43-31)19-5-7-20(32)8-6-19)29-23-3-2-4-25(23)35-30-24(29)13-21(15-34-30)39-11-9-38(10-12-39)18-27(42)40-16-22(41)17-40/h5-8,13,15,22,41H,2-4,9-12,16-18H2,1H3. The smallest absolute Gasteiger partial charge is 0.236 e. The van der Waals surface area contributed by atoms with E-state index in [9.17, 15) is 19.6 Å². The van der Waals surface area contributed by atoms with Crippen LogP contribution in [-0.2, 0) is 17.6 Å². The lowest BCUT2D eigenvalue weighted by Gasteiger charge is -2.39. The van der Waals surface area contributed by atoms with Crippen LogP contribution in [-0.4, -0.2) is 94.7 Å². The van der Waals surface area contributed by atoms with Crippen LogP contribution in [0.1, 0.15) is 22.6 Å². The molecule has 1 amide bonds. The van der Waals surface area contributed by atoms with Crippen molar-refractivity contribution >= 4 is 44.8 Å². The van der Waals surface area contributed by atoms with E-state index < -0.39 is 0 Å². The van der Waals surface area contributed by atoms with E-state index in [2.05, 4.69) is 26.8 Å². The molecular formula is C31H31FN8O2S. The number of aryl methyl sites for hydroxylation is 1. The quantitative estimate of drug-likeness (QED) is 0.357. The van der Waals surface area contributed by atoms with Crippen LogP contribution in [0.2, 0.25) is 0 Å². The lowest BCUT2D eigenvalue weighted by Crippen LogP contribution is -2.57. The van der Waals surface area contributed by atoms with Gasteiger partial charge in [-0.15, -0.1) is 0 Å². The van der Waals surface area contributed by atoms with E-state index in [1.165, 1.54) is 29.0 Å². The molecule has 0 spiro atoms. The molecular weight excluding hydrogens is 567 g/mol. The Morgan fingerprint density at radius 2 is 1.93 bits per heavy atom. The maximum Gasteiger partial charge on any atom is 0.236 e. The second-order valence-electron chi connectivity index (χ2n) is 11.4. The van der Waals surface area contributed by atoms with Crippen molar-refractivity contribution in [3.63, 3.8) is 0 Å². The second-order valence-corrected chi connectivity index (χ2v) is 12.3. The van der Waals surface area contributed by atoms with E-state index >= 15 is 0 Å². The molecule has 5 heterocycles. The summed E-state index contributed by atoms with van der Waals surface area (Å²) >= 11 is 1.32. The molecule has 3 aliphatic rings. The number of thiazole rings is 1. The number of aromatic nitrogens is 3. The minimum absolute atomic E-state index is 0.0723. The Morgan fingerprint density at radius 3 is 2.65 bits per heavy atom. The predicted octanol–water partition coefficient (Wildman–Crippen LogP) is 3.35. The molecule has 220 valence electrons. The van der Waals surface area contributed by atoms with Crippen molar-refractivity contribution in [1.29, 1.82) is 5.26 Å². The number of β-amino-alcohol motifs (C(OH)–C–C–N with tert-alkyl or cyclic N) is 1. The summed E-state index contributed by atoms with van der Waals surface area (Å²) in [6.07, 6.45) is 4.32. The number of nitrogens with zero attached hydrogens (tertiary/aromatic N) is 8. The number of hydrogen-bond donors (Lipinski definition) is 1. The van der Waals surface area contributed by atoms with E-state index in [1.807, 2.05) is 13.2 Å². The average Bonchev–Trinajstić information content (AvgIpc) is 3.66. The summed E-state index contributed by atoms with van der Waals surface area (Å²) in [6.45, 7) is 4.30. The third-order valence-electron chi connectivity index (χ3n) is 8.59. The summed E-state index contributed by atoms with van der Waals surface area (Å²) in [5.41, 5.74) is 6.18. The Labute approximate surface area is 252 Å². The molecule has 0 unspecified atom stereocenters. The maximum absolute atomic E-state index is 13.6. The number of hydrogen-bond acceptors (Lipinski definition) is 10. The first-order valence-corrected chi connectivity index (χ1v) is 15.3. The second kappa shape index (κ2) is 11.1. The highest BCUT2D eigenvalue weighted by Gasteiger charge is 2.31. The van der Waals surface area contributed by atoms with Crippen LogP contribution in [0.25, 0.3) is 22.3 Å². The number of aliphatic hydroxyl groups excluding tert-OH is 1. The van der Waals surface area contributed by atoms with Gasteiger partial charge in [0.1, 0.15) is 22.5 Å². The molecule has 10 nitrogen and oxygen atoms in total. The minimum atomic E-state index is -0.387. The Morgan fingerprint density at radius 1 is 1.16 bits per heavy atom. The van der Waals surface area contributed by atoms with Crippen LogP contribution in [0.5, 0.6) is 0 Å². The summed E-state index contributed by atoms with van der Waals surface area (Å²) in [5, 5.41) is 21.0. The summed E-state index contributed by atoms with van der Waals surface area (Å²) in [5.74, 6) is -0.262. The topological polar surface area (TPSA) is 113 Å². The van der Waals surface area contributed by atoms with Crippen molar-refractivity contribution in [2.45, 2.75) is 25.4 Å². The molecule has 0 radical (unpaired) electrons. The largest absolute Gasteiger partial charge is 0.389 e. The number of pyridine rings is 2. The molecule has 43 heavy (non-hydrogen) atoms. The normalized spacial score (nSPS) is 17.2. The molecule has 1 aliphatic carbocycles. The third kappa shape index (κ3) is 5.18. The van der Waals surface area contributed by atoms with Gasteiger partial charge in [0.05, 0.1) is 30.2 Å². The van der Waals surface area contributed by atoms with E-state index in [0.717, 1.165) is 67.9 Å². The van der Waals surface area contributed by atoms with Crippen molar-refractivity contribution < 1.29 is 14.3 Å². The van der Waals surface area contributed by atoms with Gasteiger partial charge in [0, 0.05) is 63.0 Å². The summed E-state index contributed by atoms with van der Waals surface area (Å²) in [7, 11) is 1.97. The van der Waals surface area contributed by atoms with Gasteiger partial charge in [-0.3, -0.25) is 9.69 Å². The Balaban J connectivity index is 1.18. The van der Waals surface area contributed by atoms with Gasteiger partial charge in [0.2, 0.25) is 5.91 Å². The van der Waals surface area contributed by atoms with Crippen molar-refractivity contribution in [2.24, 2.45) is 0 Å². The first-order chi connectivity index (χ1) is 20.9. The van der Waals surface area contributed by atoms with Gasteiger partial charge in [-0.25, -0.2) is 19.3 Å². The zero-order valence-electron chi connectivity index (χ0n) is 23.8. The van der Waals surface area contributed by atoms with Crippen LogP contribution < -0.4 is 9.80 Å². The summed E-state index contributed by atoms with van der Waals surface area (Å²) in [4.78, 5) is 35.8. The number of carbonyl (C=O) groups excluding carboxylic acids is 1. The SMILES string of the molecule is CN(c1nc(-c2ccc(F)cc2)c(C#N)s1)c1c2c(nc3ncc(N4CCN(CC(=O)N5CC(O)C5)CC4)cc13)CCC2. The Hall–Kier alpha value is -4.18. The molecule has 4 aromatic rings. The monoisotopic (exact) mass is 598 g/mol. The van der Waals surface area contributed by atoms with Crippen molar-refractivity contribution in [3.8, 4) is 17.3 Å². The van der Waals surface area contributed by atoms with Crippen molar-refractivity contribution in [1.82, 2.24) is 24.8 Å². The van der Waals surface area contributed by atoms with Gasteiger partial charge in [0.15, 0.2) is 10.8 Å². The van der Waals surface area contributed by atoms with E-state index in [-0.39, 0.29) is 17.8 Å². The number of halogens is 1. The average molecular weight is 599 g/mol. The number of fused-ring (bicyclic) bond motifs is 2. The minimum Gasteiger partial charge on any atom is -0.389 e. The lowest BCUT2D eigenvalue weighted by molar-refractivity contribution is -0.142. The summed E-state index contributed by atoms with van der Waals surface area (Å²) < 4.78 is 13.6. The van der Waals surface area contributed by atoms with Crippen LogP contribution in [0.4, 0.5) is 20.9 Å². The molecule has 0 atom stereocenters. The number of aliphatic hydroxyl groups is 1. The highest BCUT2D eigenvalue weighted by molar-refractivity contribution is 7.16. The summed E-state index contributed by atoms with van der Waals surface area (Å²) in [6, 6.07) is 10.5. The fourth-order valence-electron chi connectivity index (χ4n) is 6.20. The molecule has 2 fully saturated rings. The third-order valence-corrected chi connectivity index (χ3v) is 9.63. The van der Waals surface area contributed by atoms with Gasteiger partial charge < -0.3 is 19.8 Å². The number of amides is 1. The number of benzene rings is 1. The van der Waals surface area contributed by atoms with Crippen molar-refractivity contribution in [2.75, 3.05) is 62.7 Å². The molecule has 2 saturated heterocycles. The molecule has 12 heteroatoms. The molecule has 1 N–H and O–H groups in total. The van der Waals surface area contributed by atoms with Gasteiger partial charge in [0.25, 0.3) is 0 Å². The number of likely N-dealkylation sites (tertiary alicyclic amines) is 1. The van der Waals surface area contributed by atoms with Crippen LogP contribution in [0.15, 0.2) is 36.5 Å². The first kappa shape index (κ1) is 27.6. The predicted molar refractivity (Wildman–Crippen MR) is 163 cm³/mol. The Kier molecular flexibility index (Phi) is 7.17. The fourth-order valence-corrected chi connectivity index (χ4v) is 7.06. The van der Waals surface area contributed by atoms with Gasteiger partial charge in [-0.2, -0.15) is 5.26 Å². The maximum atomic E-state index is 13.6. The van der Waals surface area contributed by atoms with E-state index in [0.29, 0.717) is 46.5 Å². The zero-order valence-corrected chi connectivity index (χ0v) is 24.6. The van der Waals surface area contributed by atoms with Gasteiger partial charge in [-0.1, -0.05) is 11.3 Å². The van der Waals surface area contributed by atoms with E-state index in [4.69, 9.17) is 15.0 Å². The number of rotatable bonds is 6. The lowest BCUT2D eigenvalue weighted by atomic mass is 10.1. The number of carbonyl (C=O) groups is 1. The molecule has 2 aliphatic heterocycles. The fraction of sp³-hybridized carbons (Fsp3) is 0.387. The van der Waals surface area contributed by atoms with Gasteiger partial charge >= 0.3 is 0 Å². The molecule has 7 rings (SSSR count). The highest BCUT2D eigenvalue weighted by atomic mass is 32.1. The van der Waals surface area contributed by atoms with Crippen LogP contribution in [0, 0.1) is 17.1 Å².